The Labute approximate surface area is 102 Å². The Hall–Kier alpha value is -1.52. The predicted molar refractivity (Wildman–Crippen MR) is 66.9 cm³/mol. The number of rotatable bonds is 6. The number of carboxylic acid groups (broad SMARTS) is 1. The van der Waals surface area contributed by atoms with Gasteiger partial charge in [-0.05, 0) is 26.7 Å². The van der Waals surface area contributed by atoms with Crippen LogP contribution < -0.4 is 10.6 Å². The molecule has 5 nitrogen and oxygen atoms in total. The number of urea groups is 1. The van der Waals surface area contributed by atoms with E-state index in [0.717, 1.165) is 5.57 Å². The van der Waals surface area contributed by atoms with E-state index in [9.17, 15) is 9.59 Å². The molecule has 0 atom stereocenters. The second-order valence-corrected chi connectivity index (χ2v) is 4.21. The summed E-state index contributed by atoms with van der Waals surface area (Å²) in [5.41, 5.74) is -0.0736. The first-order chi connectivity index (χ1) is 7.88. The Morgan fingerprint density at radius 3 is 2.12 bits per heavy atom. The fourth-order valence-electron chi connectivity index (χ4n) is 1.39. The maximum absolute atomic E-state index is 11.5. The number of carbonyl (C=O) groups is 2. The lowest BCUT2D eigenvalue weighted by atomic mass is 9.93. The standard InChI is InChI=1S/C12H22N2O3/c1-5-12(6-2,10(15)16)14-11(17)13-8-7-9(3)4/h7H,5-6,8H2,1-4H3,(H,15,16)(H2,13,14,17). The first-order valence-corrected chi connectivity index (χ1v) is 5.80. The second-order valence-electron chi connectivity index (χ2n) is 4.21. The lowest BCUT2D eigenvalue weighted by molar-refractivity contribution is -0.144. The zero-order chi connectivity index (χ0) is 13.5. The van der Waals surface area contributed by atoms with Gasteiger partial charge in [-0.2, -0.15) is 0 Å². The molecule has 0 aliphatic carbocycles. The van der Waals surface area contributed by atoms with Crippen LogP contribution in [0.3, 0.4) is 0 Å². The van der Waals surface area contributed by atoms with Gasteiger partial charge in [-0.3, -0.25) is 0 Å². The summed E-state index contributed by atoms with van der Waals surface area (Å²) in [5.74, 6) is -1.00. The number of amides is 2. The monoisotopic (exact) mass is 242 g/mol. The van der Waals surface area contributed by atoms with Gasteiger partial charge in [0.25, 0.3) is 0 Å². The minimum atomic E-state index is -1.17. The SMILES string of the molecule is CCC(CC)(NC(=O)NCC=C(C)C)C(=O)O. The predicted octanol–water partition coefficient (Wildman–Crippen LogP) is 1.90. The zero-order valence-corrected chi connectivity index (χ0v) is 11.0. The molecule has 0 heterocycles. The van der Waals surface area contributed by atoms with Crippen molar-refractivity contribution in [2.75, 3.05) is 6.54 Å². The number of carboxylic acids is 1. The van der Waals surface area contributed by atoms with E-state index in [2.05, 4.69) is 10.6 Å². The van der Waals surface area contributed by atoms with Crippen molar-refractivity contribution in [1.82, 2.24) is 10.6 Å². The number of hydrogen-bond donors (Lipinski definition) is 3. The molecule has 0 spiro atoms. The first-order valence-electron chi connectivity index (χ1n) is 5.80. The van der Waals surface area contributed by atoms with Gasteiger partial charge in [-0.1, -0.05) is 25.5 Å². The van der Waals surface area contributed by atoms with Crippen LogP contribution in [0.5, 0.6) is 0 Å². The molecule has 0 aliphatic heterocycles. The summed E-state index contributed by atoms with van der Waals surface area (Å²) < 4.78 is 0. The van der Waals surface area contributed by atoms with Gasteiger partial charge in [0.1, 0.15) is 5.54 Å². The van der Waals surface area contributed by atoms with Crippen molar-refractivity contribution in [2.24, 2.45) is 0 Å². The van der Waals surface area contributed by atoms with Crippen LogP contribution in [0.1, 0.15) is 40.5 Å². The minimum Gasteiger partial charge on any atom is -0.480 e. The summed E-state index contributed by atoms with van der Waals surface area (Å²) in [5, 5.41) is 14.3. The van der Waals surface area contributed by atoms with E-state index in [0.29, 0.717) is 19.4 Å². The van der Waals surface area contributed by atoms with Crippen molar-refractivity contribution in [3.05, 3.63) is 11.6 Å². The molecule has 17 heavy (non-hydrogen) atoms. The number of hydrogen-bond acceptors (Lipinski definition) is 2. The van der Waals surface area contributed by atoms with Crippen molar-refractivity contribution >= 4 is 12.0 Å². The van der Waals surface area contributed by atoms with Crippen LogP contribution in [0.2, 0.25) is 0 Å². The number of nitrogens with one attached hydrogen (secondary N) is 2. The first kappa shape index (κ1) is 15.5. The van der Waals surface area contributed by atoms with E-state index in [4.69, 9.17) is 5.11 Å². The van der Waals surface area contributed by atoms with E-state index in [1.165, 1.54) is 0 Å². The summed E-state index contributed by atoms with van der Waals surface area (Å²) in [6.45, 7) is 7.75. The summed E-state index contributed by atoms with van der Waals surface area (Å²) in [6, 6.07) is -0.450. The molecule has 0 bridgehead atoms. The number of allylic oxidation sites excluding steroid dienone is 1. The molecule has 98 valence electrons. The summed E-state index contributed by atoms with van der Waals surface area (Å²) in [4.78, 5) is 22.7. The normalized spacial score (nSPS) is 10.6. The zero-order valence-electron chi connectivity index (χ0n) is 11.0. The molecule has 0 saturated heterocycles. The molecule has 0 radical (unpaired) electrons. The molecule has 0 unspecified atom stereocenters. The van der Waals surface area contributed by atoms with Crippen LogP contribution >= 0.6 is 0 Å². The molecule has 0 saturated carbocycles. The Morgan fingerprint density at radius 2 is 1.76 bits per heavy atom. The lowest BCUT2D eigenvalue weighted by Gasteiger charge is -2.27. The molecule has 0 aromatic heterocycles. The van der Waals surface area contributed by atoms with Gasteiger partial charge in [0.2, 0.25) is 0 Å². The van der Waals surface area contributed by atoms with E-state index < -0.39 is 17.5 Å². The molecule has 3 N–H and O–H groups in total. The molecule has 0 fully saturated rings. The number of aliphatic carboxylic acids is 1. The molecule has 2 amide bonds. The maximum atomic E-state index is 11.5. The van der Waals surface area contributed by atoms with E-state index in [1.807, 2.05) is 19.9 Å². The fourth-order valence-corrected chi connectivity index (χ4v) is 1.39. The molecule has 5 heteroatoms. The van der Waals surface area contributed by atoms with Gasteiger partial charge in [-0.25, -0.2) is 9.59 Å². The van der Waals surface area contributed by atoms with Crippen LogP contribution in [-0.4, -0.2) is 29.2 Å². The largest absolute Gasteiger partial charge is 0.480 e. The van der Waals surface area contributed by atoms with Crippen LogP contribution in [0.15, 0.2) is 11.6 Å². The average Bonchev–Trinajstić information content (AvgIpc) is 2.25. The Bertz CT molecular complexity index is 303. The Morgan fingerprint density at radius 1 is 1.24 bits per heavy atom. The highest BCUT2D eigenvalue weighted by atomic mass is 16.4. The van der Waals surface area contributed by atoms with Crippen LogP contribution in [-0.2, 0) is 4.79 Å². The quantitative estimate of drug-likeness (QED) is 0.622. The van der Waals surface area contributed by atoms with Gasteiger partial charge < -0.3 is 15.7 Å². The highest BCUT2D eigenvalue weighted by Gasteiger charge is 2.36. The molecule has 0 aliphatic rings. The summed E-state index contributed by atoms with van der Waals surface area (Å²) in [7, 11) is 0. The van der Waals surface area contributed by atoms with Crippen molar-refractivity contribution in [2.45, 2.75) is 46.1 Å². The molecule has 0 aromatic rings. The molecular weight excluding hydrogens is 220 g/mol. The van der Waals surface area contributed by atoms with Crippen LogP contribution in [0, 0.1) is 0 Å². The highest BCUT2D eigenvalue weighted by molar-refractivity contribution is 5.86. The van der Waals surface area contributed by atoms with Crippen molar-refractivity contribution in [1.29, 1.82) is 0 Å². The van der Waals surface area contributed by atoms with Gasteiger partial charge in [-0.15, -0.1) is 0 Å². The Kier molecular flexibility index (Phi) is 6.31. The summed E-state index contributed by atoms with van der Waals surface area (Å²) >= 11 is 0. The minimum absolute atomic E-state index is 0.356. The van der Waals surface area contributed by atoms with Crippen molar-refractivity contribution in [3.63, 3.8) is 0 Å². The smallest absolute Gasteiger partial charge is 0.329 e. The van der Waals surface area contributed by atoms with Gasteiger partial charge in [0.15, 0.2) is 0 Å². The third-order valence-corrected chi connectivity index (χ3v) is 2.74. The fraction of sp³-hybridized carbons (Fsp3) is 0.667. The van der Waals surface area contributed by atoms with Crippen LogP contribution in [0.25, 0.3) is 0 Å². The van der Waals surface area contributed by atoms with Crippen molar-refractivity contribution in [3.8, 4) is 0 Å². The van der Waals surface area contributed by atoms with Crippen LogP contribution in [0.4, 0.5) is 4.79 Å². The number of carbonyl (C=O) groups excluding carboxylic acids is 1. The Balaban J connectivity index is 4.42. The highest BCUT2D eigenvalue weighted by Crippen LogP contribution is 2.14. The maximum Gasteiger partial charge on any atom is 0.329 e. The summed E-state index contributed by atoms with van der Waals surface area (Å²) in [6.07, 6.45) is 2.57. The molecule has 0 aromatic carbocycles. The molecule has 0 rings (SSSR count). The van der Waals surface area contributed by atoms with E-state index in [-0.39, 0.29) is 0 Å². The second kappa shape index (κ2) is 6.93. The van der Waals surface area contributed by atoms with Gasteiger partial charge in [0, 0.05) is 6.54 Å². The van der Waals surface area contributed by atoms with E-state index in [1.54, 1.807) is 13.8 Å². The lowest BCUT2D eigenvalue weighted by Crippen LogP contribution is -2.56. The van der Waals surface area contributed by atoms with Crippen molar-refractivity contribution < 1.29 is 14.7 Å². The van der Waals surface area contributed by atoms with Gasteiger partial charge in [0.05, 0.1) is 0 Å². The molecular formula is C12H22N2O3. The average molecular weight is 242 g/mol. The third kappa shape index (κ3) is 4.89. The van der Waals surface area contributed by atoms with E-state index >= 15 is 0 Å². The van der Waals surface area contributed by atoms with Gasteiger partial charge >= 0.3 is 12.0 Å². The third-order valence-electron chi connectivity index (χ3n) is 2.74. The topological polar surface area (TPSA) is 78.4 Å².